The summed E-state index contributed by atoms with van der Waals surface area (Å²) in [6.07, 6.45) is 6.31. The summed E-state index contributed by atoms with van der Waals surface area (Å²) in [5, 5.41) is 0. The fourth-order valence-corrected chi connectivity index (χ4v) is 4.22. The predicted molar refractivity (Wildman–Crippen MR) is 106 cm³/mol. The molecule has 0 bridgehead atoms. The lowest BCUT2D eigenvalue weighted by atomic mass is 9.99. The molecule has 2 fully saturated rings. The van der Waals surface area contributed by atoms with E-state index in [9.17, 15) is 13.6 Å². The largest absolute Gasteiger partial charge is 0.443 e. The SMILES string of the molecule is CC(C)(F)CN1CCC(N(C(=O)c2ccc(-c3cnco3)c(F)c2)C2CC2)CC1. The summed E-state index contributed by atoms with van der Waals surface area (Å²) in [5.41, 5.74) is -0.578. The van der Waals surface area contributed by atoms with Gasteiger partial charge in [-0.1, -0.05) is 0 Å². The number of nitrogens with zero attached hydrogens (tertiary/aromatic N) is 3. The normalized spacial score (nSPS) is 18.8. The summed E-state index contributed by atoms with van der Waals surface area (Å²) in [6, 6.07) is 4.86. The topological polar surface area (TPSA) is 49.6 Å². The number of amides is 1. The zero-order chi connectivity index (χ0) is 20.6. The van der Waals surface area contributed by atoms with Gasteiger partial charge in [0.05, 0.1) is 11.8 Å². The second kappa shape index (κ2) is 7.86. The summed E-state index contributed by atoms with van der Waals surface area (Å²) >= 11 is 0. The van der Waals surface area contributed by atoms with Gasteiger partial charge in [-0.3, -0.25) is 4.79 Å². The number of benzene rings is 1. The number of carbonyl (C=O) groups excluding carboxylic acids is 1. The first kappa shape index (κ1) is 20.0. The van der Waals surface area contributed by atoms with Gasteiger partial charge in [0.15, 0.2) is 12.2 Å². The van der Waals surface area contributed by atoms with Gasteiger partial charge in [0, 0.05) is 37.3 Å². The van der Waals surface area contributed by atoms with Crippen molar-refractivity contribution >= 4 is 5.91 Å². The molecule has 0 spiro atoms. The molecule has 1 aliphatic heterocycles. The molecule has 1 amide bonds. The minimum atomic E-state index is -1.22. The van der Waals surface area contributed by atoms with E-state index in [1.165, 1.54) is 18.7 Å². The minimum Gasteiger partial charge on any atom is -0.443 e. The molecule has 29 heavy (non-hydrogen) atoms. The van der Waals surface area contributed by atoms with E-state index >= 15 is 0 Å². The third-order valence-corrected chi connectivity index (χ3v) is 5.64. The maximum Gasteiger partial charge on any atom is 0.254 e. The zero-order valence-corrected chi connectivity index (χ0v) is 16.9. The number of alkyl halides is 1. The van der Waals surface area contributed by atoms with Crippen LogP contribution >= 0.6 is 0 Å². The van der Waals surface area contributed by atoms with Crippen LogP contribution in [0, 0.1) is 5.82 Å². The molecule has 5 nitrogen and oxygen atoms in total. The second-order valence-corrected chi connectivity index (χ2v) is 8.73. The Morgan fingerprint density at radius 1 is 1.24 bits per heavy atom. The molecule has 0 N–H and O–H groups in total. The molecule has 2 aliphatic rings. The van der Waals surface area contributed by atoms with Gasteiger partial charge in [0.2, 0.25) is 0 Å². The Hall–Kier alpha value is -2.28. The molecule has 4 rings (SSSR count). The highest BCUT2D eigenvalue weighted by Gasteiger charge is 2.39. The van der Waals surface area contributed by atoms with Crippen molar-refractivity contribution in [2.75, 3.05) is 19.6 Å². The second-order valence-electron chi connectivity index (χ2n) is 8.73. The summed E-state index contributed by atoms with van der Waals surface area (Å²) in [7, 11) is 0. The lowest BCUT2D eigenvalue weighted by Crippen LogP contribution is -2.50. The predicted octanol–water partition coefficient (Wildman–Crippen LogP) is 4.30. The summed E-state index contributed by atoms with van der Waals surface area (Å²) in [4.78, 5) is 21.1. The molecule has 1 aromatic heterocycles. The average Bonchev–Trinajstić information content (AvgIpc) is 3.34. The molecule has 156 valence electrons. The van der Waals surface area contributed by atoms with Crippen molar-refractivity contribution in [1.29, 1.82) is 0 Å². The maximum absolute atomic E-state index is 14.6. The van der Waals surface area contributed by atoms with Gasteiger partial charge < -0.3 is 14.2 Å². The fourth-order valence-electron chi connectivity index (χ4n) is 4.22. The molecule has 1 saturated heterocycles. The quantitative estimate of drug-likeness (QED) is 0.722. The van der Waals surface area contributed by atoms with Crippen LogP contribution in [0.1, 0.15) is 49.9 Å². The Balaban J connectivity index is 1.47. The highest BCUT2D eigenvalue weighted by molar-refractivity contribution is 5.95. The average molecular weight is 403 g/mol. The molecule has 0 radical (unpaired) electrons. The molecular weight excluding hydrogens is 376 g/mol. The summed E-state index contributed by atoms with van der Waals surface area (Å²) < 4.78 is 33.7. The first-order valence-electron chi connectivity index (χ1n) is 10.2. The third-order valence-electron chi connectivity index (χ3n) is 5.64. The first-order chi connectivity index (χ1) is 13.8. The lowest BCUT2D eigenvalue weighted by Gasteiger charge is -2.40. The van der Waals surface area contributed by atoms with E-state index in [-0.39, 0.29) is 18.0 Å². The van der Waals surface area contributed by atoms with Gasteiger partial charge in [0.1, 0.15) is 11.5 Å². The Morgan fingerprint density at radius 3 is 2.48 bits per heavy atom. The Kier molecular flexibility index (Phi) is 5.42. The van der Waals surface area contributed by atoms with Crippen LogP contribution in [0.4, 0.5) is 8.78 Å². The zero-order valence-electron chi connectivity index (χ0n) is 16.9. The Morgan fingerprint density at radius 2 is 1.93 bits per heavy atom. The number of hydrogen-bond donors (Lipinski definition) is 0. The van der Waals surface area contributed by atoms with Crippen molar-refractivity contribution in [2.45, 2.75) is 57.3 Å². The standard InChI is InChI=1S/C22H27F2N3O2/c1-22(2,24)13-26-9-7-17(8-10-26)27(16-4-5-16)21(28)15-3-6-18(19(23)11-15)20-12-25-14-29-20/h3,6,11-12,14,16-17H,4-5,7-10,13H2,1-2H3. The van der Waals surface area contributed by atoms with Gasteiger partial charge in [0.25, 0.3) is 5.91 Å². The van der Waals surface area contributed by atoms with Crippen LogP contribution in [0.2, 0.25) is 0 Å². The number of halogens is 2. The van der Waals surface area contributed by atoms with Gasteiger partial charge in [-0.15, -0.1) is 0 Å². The number of carbonyl (C=O) groups is 1. The van der Waals surface area contributed by atoms with Crippen molar-refractivity contribution in [3.05, 3.63) is 42.2 Å². The highest BCUT2D eigenvalue weighted by atomic mass is 19.1. The van der Waals surface area contributed by atoms with Gasteiger partial charge >= 0.3 is 0 Å². The smallest absolute Gasteiger partial charge is 0.254 e. The summed E-state index contributed by atoms with van der Waals surface area (Å²) in [6.45, 7) is 5.14. The molecule has 7 heteroatoms. The Labute approximate surface area is 169 Å². The van der Waals surface area contributed by atoms with E-state index in [4.69, 9.17) is 4.42 Å². The van der Waals surface area contributed by atoms with Gasteiger partial charge in [-0.2, -0.15) is 0 Å². The van der Waals surface area contributed by atoms with Crippen LogP contribution < -0.4 is 0 Å². The summed E-state index contributed by atoms with van der Waals surface area (Å²) in [5.74, 6) is -0.285. The van der Waals surface area contributed by atoms with Crippen molar-refractivity contribution < 1.29 is 18.0 Å². The van der Waals surface area contributed by atoms with Crippen molar-refractivity contribution in [3.63, 3.8) is 0 Å². The van der Waals surface area contributed by atoms with Crippen molar-refractivity contribution in [2.24, 2.45) is 0 Å². The molecule has 1 aromatic carbocycles. The van der Waals surface area contributed by atoms with Crippen LogP contribution in [0.25, 0.3) is 11.3 Å². The van der Waals surface area contributed by atoms with Crippen molar-refractivity contribution in [1.82, 2.24) is 14.8 Å². The number of likely N-dealkylation sites (tertiary alicyclic amines) is 1. The molecule has 1 aliphatic carbocycles. The molecule has 0 atom stereocenters. The minimum absolute atomic E-state index is 0.117. The van der Waals surface area contributed by atoms with E-state index in [2.05, 4.69) is 9.88 Å². The Bertz CT molecular complexity index is 851. The maximum atomic E-state index is 14.6. The number of hydrogen-bond acceptors (Lipinski definition) is 4. The lowest BCUT2D eigenvalue weighted by molar-refractivity contribution is 0.0468. The number of oxazole rings is 1. The van der Waals surface area contributed by atoms with E-state index in [0.29, 0.717) is 23.4 Å². The monoisotopic (exact) mass is 403 g/mol. The number of piperidine rings is 1. The highest BCUT2D eigenvalue weighted by Crippen LogP contribution is 2.34. The van der Waals surface area contributed by atoms with Crippen LogP contribution in [-0.2, 0) is 0 Å². The van der Waals surface area contributed by atoms with E-state index < -0.39 is 11.5 Å². The van der Waals surface area contributed by atoms with Gasteiger partial charge in [-0.05, 0) is 57.7 Å². The molecular formula is C22H27F2N3O2. The third kappa shape index (κ3) is 4.66. The van der Waals surface area contributed by atoms with Crippen LogP contribution in [0.15, 0.2) is 35.2 Å². The van der Waals surface area contributed by atoms with E-state index in [0.717, 1.165) is 38.8 Å². The molecule has 0 unspecified atom stereocenters. The van der Waals surface area contributed by atoms with Crippen molar-refractivity contribution in [3.8, 4) is 11.3 Å². The van der Waals surface area contributed by atoms with Crippen LogP contribution in [0.5, 0.6) is 0 Å². The van der Waals surface area contributed by atoms with Crippen LogP contribution in [0.3, 0.4) is 0 Å². The van der Waals surface area contributed by atoms with Gasteiger partial charge in [-0.25, -0.2) is 13.8 Å². The fraction of sp³-hybridized carbons (Fsp3) is 0.545. The molecule has 2 aromatic rings. The molecule has 1 saturated carbocycles. The van der Waals surface area contributed by atoms with E-state index in [1.54, 1.807) is 26.0 Å². The van der Waals surface area contributed by atoms with E-state index in [1.807, 2.05) is 4.90 Å². The molecule has 2 heterocycles. The number of aromatic nitrogens is 1. The van der Waals surface area contributed by atoms with Crippen LogP contribution in [-0.4, -0.2) is 58.1 Å². The number of rotatable bonds is 6. The first-order valence-corrected chi connectivity index (χ1v) is 10.2.